The summed E-state index contributed by atoms with van der Waals surface area (Å²) in [5.74, 6) is -1.44. The van der Waals surface area contributed by atoms with Crippen LogP contribution in [0.3, 0.4) is 0 Å². The molecule has 0 aromatic carbocycles. The predicted molar refractivity (Wildman–Crippen MR) is 84.9 cm³/mol. The molecule has 0 aliphatic rings. The van der Waals surface area contributed by atoms with Gasteiger partial charge in [0.1, 0.15) is 6.04 Å². The molecule has 0 saturated heterocycles. The first kappa shape index (κ1) is 17.9. The third-order valence-electron chi connectivity index (χ3n) is 3.35. The van der Waals surface area contributed by atoms with E-state index in [0.717, 1.165) is 5.69 Å². The van der Waals surface area contributed by atoms with Crippen LogP contribution in [0, 0.1) is 0 Å². The third-order valence-corrected chi connectivity index (χ3v) is 3.35. The largest absolute Gasteiger partial charge is 0.480 e. The van der Waals surface area contributed by atoms with Crippen molar-refractivity contribution in [3.63, 3.8) is 0 Å². The molecule has 1 amide bonds. The Morgan fingerprint density at radius 3 is 2.59 bits per heavy atom. The molecule has 1 heterocycles. The monoisotopic (exact) mass is 307 g/mol. The summed E-state index contributed by atoms with van der Waals surface area (Å²) >= 11 is 0. The minimum Gasteiger partial charge on any atom is -0.480 e. The van der Waals surface area contributed by atoms with Crippen LogP contribution in [0.25, 0.3) is 0 Å². The number of hydrogen-bond acceptors (Lipinski definition) is 3. The summed E-state index contributed by atoms with van der Waals surface area (Å²) in [7, 11) is 0. The zero-order valence-corrected chi connectivity index (χ0v) is 13.7. The van der Waals surface area contributed by atoms with Crippen LogP contribution in [-0.2, 0) is 16.8 Å². The van der Waals surface area contributed by atoms with Crippen LogP contribution in [0.5, 0.6) is 0 Å². The highest BCUT2D eigenvalue weighted by molar-refractivity contribution is 5.97. The summed E-state index contributed by atoms with van der Waals surface area (Å²) in [6.45, 7) is 11.5. The van der Waals surface area contributed by atoms with Crippen molar-refractivity contribution in [3.05, 3.63) is 30.1 Å². The number of carboxylic acid groups (broad SMARTS) is 1. The Kier molecular flexibility index (Phi) is 5.91. The fraction of sp³-hybridized carbons (Fsp3) is 0.562. The van der Waals surface area contributed by atoms with E-state index in [-0.39, 0.29) is 5.54 Å². The van der Waals surface area contributed by atoms with Crippen molar-refractivity contribution in [1.29, 1.82) is 0 Å². The average molecular weight is 307 g/mol. The van der Waals surface area contributed by atoms with Gasteiger partial charge in [-0.25, -0.2) is 4.79 Å². The number of carboxylic acids is 1. The molecule has 122 valence electrons. The number of aromatic nitrogens is 2. The molecule has 2 N–H and O–H groups in total. The molecule has 1 aromatic heterocycles. The lowest BCUT2D eigenvalue weighted by Crippen LogP contribution is -2.41. The molecular weight excluding hydrogens is 282 g/mol. The molecule has 0 radical (unpaired) electrons. The molecule has 0 saturated carbocycles. The Balaban J connectivity index is 3.00. The third kappa shape index (κ3) is 4.19. The van der Waals surface area contributed by atoms with Crippen molar-refractivity contribution in [2.24, 2.45) is 0 Å². The predicted octanol–water partition coefficient (Wildman–Crippen LogP) is 2.35. The van der Waals surface area contributed by atoms with Crippen LogP contribution >= 0.6 is 0 Å². The number of amides is 1. The van der Waals surface area contributed by atoms with E-state index in [1.54, 1.807) is 10.8 Å². The van der Waals surface area contributed by atoms with Gasteiger partial charge < -0.3 is 10.4 Å². The maximum absolute atomic E-state index is 12.4. The fourth-order valence-corrected chi connectivity index (χ4v) is 2.26. The van der Waals surface area contributed by atoms with E-state index in [0.29, 0.717) is 24.8 Å². The summed E-state index contributed by atoms with van der Waals surface area (Å²) in [5, 5.41) is 16.0. The number of allylic oxidation sites excluding steroid dienone is 1. The molecule has 0 aliphatic heterocycles. The van der Waals surface area contributed by atoms with Gasteiger partial charge in [0.2, 0.25) is 0 Å². The van der Waals surface area contributed by atoms with Crippen LogP contribution in [0.2, 0.25) is 0 Å². The Bertz CT molecular complexity index is 555. The van der Waals surface area contributed by atoms with Gasteiger partial charge in [0.25, 0.3) is 5.91 Å². The molecule has 6 heteroatoms. The van der Waals surface area contributed by atoms with Crippen molar-refractivity contribution in [2.75, 3.05) is 0 Å². The summed E-state index contributed by atoms with van der Waals surface area (Å²) in [6.07, 6.45) is 4.63. The standard InChI is InChI=1S/C16H25N3O3/c1-6-8-9-12(15(21)22)18-14(20)11-10-17-19(13(11)7-2)16(3,4)5/h6,10,12H,1,7-9H2,2-5H3,(H,18,20)(H,21,22). The van der Waals surface area contributed by atoms with E-state index < -0.39 is 17.9 Å². The van der Waals surface area contributed by atoms with E-state index in [9.17, 15) is 14.7 Å². The smallest absolute Gasteiger partial charge is 0.326 e. The van der Waals surface area contributed by atoms with Gasteiger partial charge in [0.05, 0.1) is 23.0 Å². The number of hydrogen-bond donors (Lipinski definition) is 2. The number of carbonyl (C=O) groups is 2. The van der Waals surface area contributed by atoms with Crippen molar-refractivity contribution < 1.29 is 14.7 Å². The first-order valence-electron chi connectivity index (χ1n) is 7.44. The van der Waals surface area contributed by atoms with Gasteiger partial charge in [-0.15, -0.1) is 6.58 Å². The average Bonchev–Trinajstić information content (AvgIpc) is 2.86. The number of aliphatic carboxylic acids is 1. The first-order chi connectivity index (χ1) is 10.2. The maximum Gasteiger partial charge on any atom is 0.326 e. The summed E-state index contributed by atoms with van der Waals surface area (Å²) < 4.78 is 1.81. The second kappa shape index (κ2) is 7.24. The Hall–Kier alpha value is -2.11. The number of rotatable bonds is 7. The van der Waals surface area contributed by atoms with Crippen LogP contribution < -0.4 is 5.32 Å². The quantitative estimate of drug-likeness (QED) is 0.757. The van der Waals surface area contributed by atoms with Gasteiger partial charge in [-0.2, -0.15) is 5.10 Å². The number of nitrogens with zero attached hydrogens (tertiary/aromatic N) is 2. The zero-order chi connectivity index (χ0) is 16.9. The summed E-state index contributed by atoms with van der Waals surface area (Å²) in [5.41, 5.74) is 0.999. The molecule has 0 bridgehead atoms. The topological polar surface area (TPSA) is 84.2 Å². The van der Waals surface area contributed by atoms with Gasteiger partial charge in [0.15, 0.2) is 0 Å². The normalized spacial score (nSPS) is 12.7. The number of nitrogens with one attached hydrogen (secondary N) is 1. The second-order valence-electron chi connectivity index (χ2n) is 6.17. The van der Waals surface area contributed by atoms with Gasteiger partial charge in [-0.3, -0.25) is 9.48 Å². The van der Waals surface area contributed by atoms with Crippen molar-refractivity contribution in [2.45, 2.75) is 58.5 Å². The Morgan fingerprint density at radius 2 is 2.14 bits per heavy atom. The molecule has 1 atom stereocenters. The molecule has 1 unspecified atom stereocenters. The van der Waals surface area contributed by atoms with Crippen molar-refractivity contribution >= 4 is 11.9 Å². The first-order valence-corrected chi connectivity index (χ1v) is 7.44. The Labute approximate surface area is 131 Å². The summed E-state index contributed by atoms with van der Waals surface area (Å²) in [6, 6.07) is -0.923. The molecular formula is C16H25N3O3. The second-order valence-corrected chi connectivity index (χ2v) is 6.17. The lowest BCUT2D eigenvalue weighted by molar-refractivity contribution is -0.139. The van der Waals surface area contributed by atoms with Gasteiger partial charge in [-0.1, -0.05) is 13.0 Å². The lowest BCUT2D eigenvalue weighted by atomic mass is 10.1. The van der Waals surface area contributed by atoms with Gasteiger partial charge >= 0.3 is 5.97 Å². The molecule has 0 spiro atoms. The fourth-order valence-electron chi connectivity index (χ4n) is 2.26. The van der Waals surface area contributed by atoms with Crippen LogP contribution in [0.4, 0.5) is 0 Å². The van der Waals surface area contributed by atoms with E-state index >= 15 is 0 Å². The SMILES string of the molecule is C=CCCC(NC(=O)c1cnn(C(C)(C)C)c1CC)C(=O)O. The van der Waals surface area contributed by atoms with E-state index in [2.05, 4.69) is 17.0 Å². The summed E-state index contributed by atoms with van der Waals surface area (Å²) in [4.78, 5) is 23.6. The van der Waals surface area contributed by atoms with Crippen LogP contribution in [-0.4, -0.2) is 32.8 Å². The lowest BCUT2D eigenvalue weighted by Gasteiger charge is -2.22. The maximum atomic E-state index is 12.4. The van der Waals surface area contributed by atoms with E-state index in [1.165, 1.54) is 6.20 Å². The van der Waals surface area contributed by atoms with E-state index in [1.807, 2.05) is 27.7 Å². The Morgan fingerprint density at radius 1 is 1.50 bits per heavy atom. The highest BCUT2D eigenvalue weighted by atomic mass is 16.4. The van der Waals surface area contributed by atoms with Crippen molar-refractivity contribution in [3.8, 4) is 0 Å². The minimum atomic E-state index is -1.04. The molecule has 22 heavy (non-hydrogen) atoms. The zero-order valence-electron chi connectivity index (χ0n) is 13.7. The molecule has 1 aromatic rings. The van der Waals surface area contributed by atoms with Crippen molar-refractivity contribution in [1.82, 2.24) is 15.1 Å². The van der Waals surface area contributed by atoms with Crippen LogP contribution in [0.15, 0.2) is 18.9 Å². The highest BCUT2D eigenvalue weighted by Crippen LogP contribution is 2.20. The molecule has 1 rings (SSSR count). The number of carbonyl (C=O) groups excluding carboxylic acids is 1. The van der Waals surface area contributed by atoms with Gasteiger partial charge in [-0.05, 0) is 40.0 Å². The molecule has 6 nitrogen and oxygen atoms in total. The molecule has 0 aliphatic carbocycles. The minimum absolute atomic E-state index is 0.237. The molecule has 0 fully saturated rings. The highest BCUT2D eigenvalue weighted by Gasteiger charge is 2.26. The van der Waals surface area contributed by atoms with E-state index in [4.69, 9.17) is 0 Å². The van der Waals surface area contributed by atoms with Crippen LogP contribution in [0.1, 0.15) is 56.6 Å². The van der Waals surface area contributed by atoms with Gasteiger partial charge in [0, 0.05) is 0 Å².